The number of carbonyl (C=O) groups is 3. The Morgan fingerprint density at radius 1 is 1.06 bits per heavy atom. The molecule has 2 heterocycles. The van der Waals surface area contributed by atoms with E-state index < -0.39 is 18.5 Å². The minimum atomic E-state index is -0.464. The Balaban J connectivity index is 1.28. The molecule has 0 saturated carbocycles. The SMILES string of the molecule is N#CCCN(C(=O)COC(=O)C1CCN(C(=O)Nc2ccccc2)CC1)c1ccc2c(c1)OCCO2. The summed E-state index contributed by atoms with van der Waals surface area (Å²) < 4.78 is 16.4. The highest BCUT2D eigenvalue weighted by Gasteiger charge is 2.29. The lowest BCUT2D eigenvalue weighted by Crippen LogP contribution is -2.43. The molecule has 2 aliphatic heterocycles. The Morgan fingerprint density at radius 2 is 1.78 bits per heavy atom. The molecular formula is C26H28N4O6. The Labute approximate surface area is 209 Å². The Hall–Kier alpha value is -4.26. The summed E-state index contributed by atoms with van der Waals surface area (Å²) in [5, 5.41) is 11.9. The molecule has 0 spiro atoms. The van der Waals surface area contributed by atoms with Crippen LogP contribution < -0.4 is 19.7 Å². The normalized spacial score (nSPS) is 14.9. The van der Waals surface area contributed by atoms with Crippen LogP contribution in [0.1, 0.15) is 19.3 Å². The van der Waals surface area contributed by atoms with Crippen LogP contribution in [0.25, 0.3) is 0 Å². The number of nitriles is 1. The van der Waals surface area contributed by atoms with E-state index in [1.54, 1.807) is 23.1 Å². The lowest BCUT2D eigenvalue weighted by molar-refractivity contribution is -0.153. The fourth-order valence-corrected chi connectivity index (χ4v) is 4.13. The molecule has 188 valence electrons. The van der Waals surface area contributed by atoms with E-state index in [9.17, 15) is 14.4 Å². The van der Waals surface area contributed by atoms with E-state index in [1.807, 2.05) is 36.4 Å². The molecule has 0 radical (unpaired) electrons. The van der Waals surface area contributed by atoms with Gasteiger partial charge in [-0.3, -0.25) is 9.59 Å². The third kappa shape index (κ3) is 6.24. The maximum absolute atomic E-state index is 12.9. The predicted molar refractivity (Wildman–Crippen MR) is 131 cm³/mol. The average Bonchev–Trinajstić information content (AvgIpc) is 2.92. The highest BCUT2D eigenvalue weighted by molar-refractivity contribution is 5.95. The van der Waals surface area contributed by atoms with Crippen molar-refractivity contribution < 1.29 is 28.6 Å². The number of rotatable bonds is 7. The molecule has 4 rings (SSSR count). The van der Waals surface area contributed by atoms with E-state index in [2.05, 4.69) is 5.32 Å². The van der Waals surface area contributed by atoms with Crippen molar-refractivity contribution in [3.05, 3.63) is 48.5 Å². The van der Waals surface area contributed by atoms with Gasteiger partial charge in [-0.25, -0.2) is 4.79 Å². The number of nitrogens with one attached hydrogen (secondary N) is 1. The summed E-state index contributed by atoms with van der Waals surface area (Å²) in [6.07, 6.45) is 1.03. The van der Waals surface area contributed by atoms with E-state index in [0.29, 0.717) is 62.0 Å². The lowest BCUT2D eigenvalue weighted by atomic mass is 9.97. The first-order valence-corrected chi connectivity index (χ1v) is 11.9. The van der Waals surface area contributed by atoms with Crippen molar-refractivity contribution in [3.63, 3.8) is 0 Å². The van der Waals surface area contributed by atoms with E-state index >= 15 is 0 Å². The van der Waals surface area contributed by atoms with Crippen LogP contribution in [0.4, 0.5) is 16.2 Å². The monoisotopic (exact) mass is 492 g/mol. The molecule has 0 aromatic heterocycles. The van der Waals surface area contributed by atoms with Crippen LogP contribution in [-0.4, -0.2) is 62.3 Å². The van der Waals surface area contributed by atoms with Crippen molar-refractivity contribution in [2.24, 2.45) is 5.92 Å². The molecule has 10 heteroatoms. The molecular weight excluding hydrogens is 464 g/mol. The zero-order chi connectivity index (χ0) is 25.3. The van der Waals surface area contributed by atoms with E-state index in [4.69, 9.17) is 19.5 Å². The molecule has 1 fully saturated rings. The lowest BCUT2D eigenvalue weighted by Gasteiger charge is -2.31. The molecule has 3 amide bonds. The highest BCUT2D eigenvalue weighted by Crippen LogP contribution is 2.34. The van der Waals surface area contributed by atoms with Gasteiger partial charge >= 0.3 is 12.0 Å². The van der Waals surface area contributed by atoms with Crippen molar-refractivity contribution >= 4 is 29.3 Å². The molecule has 1 saturated heterocycles. The number of para-hydroxylation sites is 1. The number of carbonyl (C=O) groups excluding carboxylic acids is 3. The van der Waals surface area contributed by atoms with Gasteiger partial charge in [0.15, 0.2) is 18.1 Å². The molecule has 2 aromatic rings. The number of urea groups is 1. The van der Waals surface area contributed by atoms with Gasteiger partial charge in [0.1, 0.15) is 13.2 Å². The number of fused-ring (bicyclic) bond motifs is 1. The van der Waals surface area contributed by atoms with Crippen LogP contribution in [0.3, 0.4) is 0 Å². The molecule has 0 atom stereocenters. The molecule has 1 N–H and O–H groups in total. The van der Waals surface area contributed by atoms with Crippen LogP contribution in [0.15, 0.2) is 48.5 Å². The van der Waals surface area contributed by atoms with Crippen LogP contribution in [0, 0.1) is 17.2 Å². The fraction of sp³-hybridized carbons (Fsp3) is 0.385. The van der Waals surface area contributed by atoms with Crippen LogP contribution in [0.5, 0.6) is 11.5 Å². The van der Waals surface area contributed by atoms with Gasteiger partial charge in [-0.15, -0.1) is 0 Å². The molecule has 0 aliphatic carbocycles. The van der Waals surface area contributed by atoms with Crippen LogP contribution >= 0.6 is 0 Å². The number of ether oxygens (including phenoxy) is 3. The summed E-state index contributed by atoms with van der Waals surface area (Å²) >= 11 is 0. The van der Waals surface area contributed by atoms with Gasteiger partial charge in [-0.05, 0) is 37.1 Å². The van der Waals surface area contributed by atoms with Gasteiger partial charge in [0, 0.05) is 37.1 Å². The maximum Gasteiger partial charge on any atom is 0.321 e. The topological polar surface area (TPSA) is 121 Å². The van der Waals surface area contributed by atoms with Crippen molar-refractivity contribution in [2.75, 3.05) is 49.7 Å². The quantitative estimate of drug-likeness (QED) is 0.589. The Morgan fingerprint density at radius 3 is 2.50 bits per heavy atom. The van der Waals surface area contributed by atoms with Gasteiger partial charge in [-0.2, -0.15) is 5.26 Å². The van der Waals surface area contributed by atoms with Gasteiger partial charge in [0.2, 0.25) is 0 Å². The number of esters is 1. The highest BCUT2D eigenvalue weighted by atomic mass is 16.6. The summed E-state index contributed by atoms with van der Waals surface area (Å²) in [7, 11) is 0. The zero-order valence-corrected chi connectivity index (χ0v) is 19.9. The second-order valence-corrected chi connectivity index (χ2v) is 8.45. The number of benzene rings is 2. The standard InChI is InChI=1S/C26H28N4O6/c27-11-4-12-30(21-7-8-22-23(17-21)35-16-15-34-22)24(31)18-36-25(32)19-9-13-29(14-10-19)26(33)28-20-5-2-1-3-6-20/h1-3,5-8,17,19H,4,9-10,12-16,18H2,(H,28,33). The first-order valence-electron chi connectivity index (χ1n) is 11.9. The van der Waals surface area contributed by atoms with Crippen LogP contribution in [0.2, 0.25) is 0 Å². The van der Waals surface area contributed by atoms with E-state index in [0.717, 1.165) is 0 Å². The predicted octanol–water partition coefficient (Wildman–Crippen LogP) is 3.19. The van der Waals surface area contributed by atoms with Gasteiger partial charge in [0.25, 0.3) is 5.91 Å². The number of hydrogen-bond donors (Lipinski definition) is 1. The molecule has 36 heavy (non-hydrogen) atoms. The summed E-state index contributed by atoms with van der Waals surface area (Å²) in [5.41, 5.74) is 1.25. The number of nitrogens with zero attached hydrogens (tertiary/aromatic N) is 3. The smallest absolute Gasteiger partial charge is 0.321 e. The summed E-state index contributed by atoms with van der Waals surface area (Å²) in [6, 6.07) is 16.1. The van der Waals surface area contributed by atoms with Gasteiger partial charge in [0.05, 0.1) is 18.4 Å². The minimum absolute atomic E-state index is 0.123. The second kappa shape index (κ2) is 11.9. The van der Waals surface area contributed by atoms with Gasteiger partial charge < -0.3 is 29.3 Å². The summed E-state index contributed by atoms with van der Waals surface area (Å²) in [5.74, 6) is -0.175. The largest absolute Gasteiger partial charge is 0.486 e. The average molecular weight is 493 g/mol. The first-order chi connectivity index (χ1) is 17.5. The minimum Gasteiger partial charge on any atom is -0.486 e. The summed E-state index contributed by atoms with van der Waals surface area (Å²) in [6.45, 7) is 1.41. The van der Waals surface area contributed by atoms with E-state index in [-0.39, 0.29) is 24.9 Å². The summed E-state index contributed by atoms with van der Waals surface area (Å²) in [4.78, 5) is 41.1. The van der Waals surface area contributed by atoms with Crippen molar-refractivity contribution in [3.8, 4) is 17.6 Å². The van der Waals surface area contributed by atoms with Gasteiger partial charge in [-0.1, -0.05) is 18.2 Å². The molecule has 2 aliphatic rings. The second-order valence-electron chi connectivity index (χ2n) is 8.45. The number of amides is 3. The fourth-order valence-electron chi connectivity index (χ4n) is 4.13. The van der Waals surface area contributed by atoms with Crippen molar-refractivity contribution in [1.29, 1.82) is 5.26 Å². The van der Waals surface area contributed by atoms with Crippen molar-refractivity contribution in [2.45, 2.75) is 19.3 Å². The number of anilines is 2. The number of piperidine rings is 1. The molecule has 10 nitrogen and oxygen atoms in total. The molecule has 0 bridgehead atoms. The third-order valence-electron chi connectivity index (χ3n) is 6.06. The zero-order valence-electron chi connectivity index (χ0n) is 19.9. The maximum atomic E-state index is 12.9. The molecule has 2 aromatic carbocycles. The third-order valence-corrected chi connectivity index (χ3v) is 6.06. The van der Waals surface area contributed by atoms with E-state index in [1.165, 1.54) is 4.90 Å². The van der Waals surface area contributed by atoms with Crippen LogP contribution in [-0.2, 0) is 14.3 Å². The number of likely N-dealkylation sites (tertiary alicyclic amines) is 1. The Bertz CT molecular complexity index is 1120. The first kappa shape index (κ1) is 24.9. The Kier molecular flexibility index (Phi) is 8.24. The molecule has 0 unspecified atom stereocenters. The van der Waals surface area contributed by atoms with Crippen molar-refractivity contribution in [1.82, 2.24) is 4.90 Å². The number of hydrogen-bond acceptors (Lipinski definition) is 7.